The SMILES string of the molecule is Cc1cc2cc(-c3cnc4cc(OCCO)c(S(=O)(=O)C(C)(C)C)cn34)cnc2[nH]1. The van der Waals surface area contributed by atoms with Crippen LogP contribution >= 0.6 is 0 Å². The van der Waals surface area contributed by atoms with Crippen LogP contribution in [0.5, 0.6) is 5.75 Å². The number of aromatic nitrogens is 4. The van der Waals surface area contributed by atoms with Crippen LogP contribution in [-0.2, 0) is 9.84 Å². The van der Waals surface area contributed by atoms with Gasteiger partial charge in [-0.05, 0) is 39.8 Å². The van der Waals surface area contributed by atoms with E-state index in [4.69, 9.17) is 9.84 Å². The van der Waals surface area contributed by atoms with Gasteiger partial charge < -0.3 is 14.8 Å². The number of hydrogen-bond donors (Lipinski definition) is 2. The summed E-state index contributed by atoms with van der Waals surface area (Å²) in [5.41, 5.74) is 3.88. The largest absolute Gasteiger partial charge is 0.490 e. The number of aliphatic hydroxyl groups excluding tert-OH is 1. The maximum atomic E-state index is 13.2. The Morgan fingerprint density at radius 1 is 1.17 bits per heavy atom. The van der Waals surface area contributed by atoms with Gasteiger partial charge in [0.15, 0.2) is 9.84 Å². The molecule has 4 heterocycles. The Balaban J connectivity index is 1.94. The van der Waals surface area contributed by atoms with E-state index >= 15 is 0 Å². The molecular weight excluding hydrogens is 404 g/mol. The van der Waals surface area contributed by atoms with Gasteiger partial charge in [0, 0.05) is 35.1 Å². The third-order valence-corrected chi connectivity index (χ3v) is 7.42. The smallest absolute Gasteiger partial charge is 0.188 e. The fourth-order valence-electron chi connectivity index (χ4n) is 3.29. The molecule has 9 heteroatoms. The van der Waals surface area contributed by atoms with Crippen LogP contribution in [0.25, 0.3) is 27.9 Å². The summed E-state index contributed by atoms with van der Waals surface area (Å²) >= 11 is 0. The average molecular weight is 429 g/mol. The van der Waals surface area contributed by atoms with E-state index in [1.807, 2.05) is 19.1 Å². The van der Waals surface area contributed by atoms with Crippen LogP contribution in [0.4, 0.5) is 0 Å². The molecule has 0 aromatic carbocycles. The number of H-pyrrole nitrogens is 1. The maximum Gasteiger partial charge on any atom is 0.188 e. The Morgan fingerprint density at radius 2 is 1.93 bits per heavy atom. The van der Waals surface area contributed by atoms with Crippen molar-refractivity contribution >= 4 is 26.5 Å². The highest BCUT2D eigenvalue weighted by Crippen LogP contribution is 2.34. The average Bonchev–Trinajstić information content (AvgIpc) is 3.25. The van der Waals surface area contributed by atoms with Crippen LogP contribution in [0.2, 0.25) is 0 Å². The predicted molar refractivity (Wildman–Crippen MR) is 115 cm³/mol. The van der Waals surface area contributed by atoms with Crippen molar-refractivity contribution < 1.29 is 18.3 Å². The second-order valence-corrected chi connectivity index (χ2v) is 10.8. The summed E-state index contributed by atoms with van der Waals surface area (Å²) in [4.78, 5) is 12.1. The molecule has 30 heavy (non-hydrogen) atoms. The molecule has 0 spiro atoms. The fraction of sp³-hybridized carbons (Fsp3) is 0.333. The summed E-state index contributed by atoms with van der Waals surface area (Å²) < 4.78 is 32.7. The van der Waals surface area contributed by atoms with Gasteiger partial charge in [-0.2, -0.15) is 0 Å². The van der Waals surface area contributed by atoms with Crippen LogP contribution in [0, 0.1) is 6.92 Å². The molecule has 2 N–H and O–H groups in total. The highest BCUT2D eigenvalue weighted by Gasteiger charge is 2.34. The molecule has 0 aliphatic heterocycles. The van der Waals surface area contributed by atoms with E-state index in [9.17, 15) is 8.42 Å². The topological polar surface area (TPSA) is 110 Å². The first-order valence-corrected chi connectivity index (χ1v) is 11.1. The minimum absolute atomic E-state index is 0.0101. The number of aromatic amines is 1. The number of aryl methyl sites for hydroxylation is 1. The highest BCUT2D eigenvalue weighted by atomic mass is 32.2. The second kappa shape index (κ2) is 7.10. The molecule has 158 valence electrons. The van der Waals surface area contributed by atoms with Crippen molar-refractivity contribution in [1.82, 2.24) is 19.4 Å². The minimum Gasteiger partial charge on any atom is -0.490 e. The molecule has 0 radical (unpaired) electrons. The molecule has 4 aromatic heterocycles. The third kappa shape index (κ3) is 3.33. The second-order valence-electron chi connectivity index (χ2n) is 8.18. The number of fused-ring (bicyclic) bond motifs is 2. The predicted octanol–water partition coefficient (Wildman–Crippen LogP) is 3.13. The highest BCUT2D eigenvalue weighted by molar-refractivity contribution is 7.92. The van der Waals surface area contributed by atoms with Crippen molar-refractivity contribution in [2.75, 3.05) is 13.2 Å². The molecule has 0 amide bonds. The lowest BCUT2D eigenvalue weighted by molar-refractivity contribution is 0.198. The van der Waals surface area contributed by atoms with Crippen molar-refractivity contribution in [1.29, 1.82) is 0 Å². The Hall–Kier alpha value is -2.91. The van der Waals surface area contributed by atoms with Gasteiger partial charge in [0.05, 0.1) is 23.2 Å². The van der Waals surface area contributed by atoms with Crippen molar-refractivity contribution in [3.05, 3.63) is 42.5 Å². The molecule has 0 saturated carbocycles. The van der Waals surface area contributed by atoms with Crippen LogP contribution in [0.15, 0.2) is 41.7 Å². The summed E-state index contributed by atoms with van der Waals surface area (Å²) in [7, 11) is -3.71. The van der Waals surface area contributed by atoms with E-state index < -0.39 is 14.6 Å². The lowest BCUT2D eigenvalue weighted by atomic mass is 10.2. The van der Waals surface area contributed by atoms with Crippen molar-refractivity contribution in [2.24, 2.45) is 0 Å². The lowest BCUT2D eigenvalue weighted by Crippen LogP contribution is -2.28. The third-order valence-electron chi connectivity index (χ3n) is 4.92. The van der Waals surface area contributed by atoms with E-state index in [-0.39, 0.29) is 23.9 Å². The van der Waals surface area contributed by atoms with Gasteiger partial charge in [0.1, 0.15) is 28.5 Å². The normalized spacial score (nSPS) is 12.7. The minimum atomic E-state index is -3.71. The van der Waals surface area contributed by atoms with Crippen molar-refractivity contribution in [2.45, 2.75) is 37.3 Å². The van der Waals surface area contributed by atoms with E-state index in [2.05, 4.69) is 15.0 Å². The number of sulfone groups is 1. The summed E-state index contributed by atoms with van der Waals surface area (Å²) in [6.07, 6.45) is 4.95. The molecule has 0 atom stereocenters. The summed E-state index contributed by atoms with van der Waals surface area (Å²) in [6, 6.07) is 5.58. The zero-order chi connectivity index (χ0) is 21.7. The van der Waals surface area contributed by atoms with Gasteiger partial charge in [-0.3, -0.25) is 4.40 Å². The zero-order valence-corrected chi connectivity index (χ0v) is 18.1. The van der Waals surface area contributed by atoms with Gasteiger partial charge in [0.2, 0.25) is 0 Å². The number of ether oxygens (including phenoxy) is 1. The van der Waals surface area contributed by atoms with E-state index in [0.717, 1.165) is 28.0 Å². The Morgan fingerprint density at radius 3 is 2.63 bits per heavy atom. The quantitative estimate of drug-likeness (QED) is 0.505. The van der Waals surface area contributed by atoms with Crippen LogP contribution in [0.3, 0.4) is 0 Å². The number of aliphatic hydroxyl groups is 1. The molecule has 0 aliphatic carbocycles. The van der Waals surface area contributed by atoms with E-state index in [0.29, 0.717) is 5.65 Å². The van der Waals surface area contributed by atoms with Gasteiger partial charge in [-0.25, -0.2) is 18.4 Å². The Bertz CT molecular complexity index is 1350. The summed E-state index contributed by atoms with van der Waals surface area (Å²) in [6.45, 7) is 6.66. The van der Waals surface area contributed by atoms with Crippen LogP contribution < -0.4 is 4.74 Å². The molecular formula is C21H24N4O4S. The zero-order valence-electron chi connectivity index (χ0n) is 17.3. The lowest BCUT2D eigenvalue weighted by Gasteiger charge is -2.21. The van der Waals surface area contributed by atoms with E-state index in [1.54, 1.807) is 43.6 Å². The molecule has 0 fully saturated rings. The van der Waals surface area contributed by atoms with Crippen LogP contribution in [-0.4, -0.2) is 50.8 Å². The molecule has 8 nitrogen and oxygen atoms in total. The van der Waals surface area contributed by atoms with Crippen molar-refractivity contribution in [3.8, 4) is 17.0 Å². The maximum absolute atomic E-state index is 13.2. The number of imidazole rings is 1. The Kier molecular flexibility index (Phi) is 4.82. The van der Waals surface area contributed by atoms with Crippen LogP contribution in [0.1, 0.15) is 26.5 Å². The standard InChI is InChI=1S/C21H24N4O4S/c1-13-7-14-8-15(10-23-20(14)24-13)16-11-22-19-9-17(29-6-5-26)18(12-25(16)19)30(27,28)21(2,3)4/h7-12,26H,5-6H2,1-4H3,(H,23,24). The van der Waals surface area contributed by atoms with Gasteiger partial charge in [-0.15, -0.1) is 0 Å². The molecule has 4 rings (SSSR count). The number of nitrogens with zero attached hydrogens (tertiary/aromatic N) is 3. The first-order valence-electron chi connectivity index (χ1n) is 9.57. The number of pyridine rings is 2. The fourth-order valence-corrected chi connectivity index (χ4v) is 4.58. The molecule has 0 unspecified atom stereocenters. The molecule has 0 aliphatic rings. The van der Waals surface area contributed by atoms with E-state index in [1.165, 1.54) is 6.20 Å². The molecule has 4 aromatic rings. The van der Waals surface area contributed by atoms with Gasteiger partial charge >= 0.3 is 0 Å². The summed E-state index contributed by atoms with van der Waals surface area (Å²) in [5, 5.41) is 10.1. The monoisotopic (exact) mass is 428 g/mol. The first-order chi connectivity index (χ1) is 14.1. The first kappa shape index (κ1) is 20.4. The molecule has 0 saturated heterocycles. The number of rotatable bonds is 5. The number of nitrogens with one attached hydrogen (secondary N) is 1. The van der Waals surface area contributed by atoms with Gasteiger partial charge in [0.25, 0.3) is 0 Å². The van der Waals surface area contributed by atoms with Crippen molar-refractivity contribution in [3.63, 3.8) is 0 Å². The van der Waals surface area contributed by atoms with Gasteiger partial charge in [-0.1, -0.05) is 0 Å². The Labute approximate surface area is 174 Å². The summed E-state index contributed by atoms with van der Waals surface area (Å²) in [5.74, 6) is 0.179. The molecule has 0 bridgehead atoms. The number of hydrogen-bond acceptors (Lipinski definition) is 6.